The zero-order valence-electron chi connectivity index (χ0n) is 10.8. The third kappa shape index (κ3) is 3.61. The summed E-state index contributed by atoms with van der Waals surface area (Å²) in [6, 6.07) is 3.93. The van der Waals surface area contributed by atoms with E-state index in [2.05, 4.69) is 20.8 Å². The van der Waals surface area contributed by atoms with Gasteiger partial charge in [-0.25, -0.2) is 4.79 Å². The van der Waals surface area contributed by atoms with Crippen LogP contribution >= 0.6 is 23.2 Å². The zero-order valence-corrected chi connectivity index (χ0v) is 12.3. The molecule has 0 aliphatic rings. The molecule has 1 heterocycles. The van der Waals surface area contributed by atoms with Crippen molar-refractivity contribution in [3.05, 3.63) is 40.0 Å². The second-order valence-electron chi connectivity index (χ2n) is 4.12. The monoisotopic (exact) mass is 314 g/mol. The van der Waals surface area contributed by atoms with Crippen molar-refractivity contribution in [3.63, 3.8) is 0 Å². The third-order valence-electron chi connectivity index (χ3n) is 2.44. The van der Waals surface area contributed by atoms with Gasteiger partial charge in [-0.15, -0.1) is 0 Å². The Kier molecular flexibility index (Phi) is 4.46. The summed E-state index contributed by atoms with van der Waals surface area (Å²) in [6.45, 7) is 3.43. The first-order valence-electron chi connectivity index (χ1n) is 5.78. The first kappa shape index (κ1) is 14.6. The minimum absolute atomic E-state index is 0.329. The van der Waals surface area contributed by atoms with Gasteiger partial charge >= 0.3 is 6.03 Å². The quantitative estimate of drug-likeness (QED) is 0.907. The zero-order chi connectivity index (χ0) is 14.7. The van der Waals surface area contributed by atoms with E-state index in [1.807, 2.05) is 0 Å². The Labute approximate surface area is 125 Å². The SMILES string of the molecule is Cc1noc(C(C)NC(=O)Nc2cc(Cl)ccc2Cl)n1. The minimum atomic E-state index is -0.447. The van der Waals surface area contributed by atoms with Gasteiger partial charge in [0.1, 0.15) is 6.04 Å². The Hall–Kier alpha value is -1.79. The molecule has 2 aromatic rings. The van der Waals surface area contributed by atoms with E-state index in [-0.39, 0.29) is 0 Å². The van der Waals surface area contributed by atoms with Gasteiger partial charge in [-0.3, -0.25) is 0 Å². The second-order valence-corrected chi connectivity index (χ2v) is 4.97. The van der Waals surface area contributed by atoms with Crippen LogP contribution in [0.4, 0.5) is 10.5 Å². The number of hydrogen-bond acceptors (Lipinski definition) is 4. The van der Waals surface area contributed by atoms with Crippen LogP contribution in [0.3, 0.4) is 0 Å². The Morgan fingerprint density at radius 1 is 1.40 bits per heavy atom. The van der Waals surface area contributed by atoms with Crippen LogP contribution in [0, 0.1) is 6.92 Å². The Bertz CT molecular complexity index is 630. The van der Waals surface area contributed by atoms with Crippen LogP contribution < -0.4 is 10.6 Å². The molecule has 20 heavy (non-hydrogen) atoms. The summed E-state index contributed by atoms with van der Waals surface area (Å²) in [5.74, 6) is 0.835. The number of benzene rings is 1. The van der Waals surface area contributed by atoms with Crippen LogP contribution in [0.2, 0.25) is 10.0 Å². The van der Waals surface area contributed by atoms with E-state index >= 15 is 0 Å². The first-order valence-corrected chi connectivity index (χ1v) is 6.54. The smallest absolute Gasteiger partial charge is 0.319 e. The van der Waals surface area contributed by atoms with Crippen LogP contribution in [-0.4, -0.2) is 16.2 Å². The molecule has 2 N–H and O–H groups in total. The fraction of sp³-hybridized carbons (Fsp3) is 0.250. The molecule has 0 saturated carbocycles. The lowest BCUT2D eigenvalue weighted by atomic mass is 10.3. The molecule has 0 aliphatic heterocycles. The summed E-state index contributed by atoms with van der Waals surface area (Å²) in [5, 5.41) is 9.79. The van der Waals surface area contributed by atoms with E-state index in [9.17, 15) is 4.79 Å². The second kappa shape index (κ2) is 6.11. The fourth-order valence-corrected chi connectivity index (χ4v) is 1.84. The summed E-state index contributed by atoms with van der Waals surface area (Å²) < 4.78 is 4.97. The first-order chi connectivity index (χ1) is 9.45. The van der Waals surface area contributed by atoms with E-state index < -0.39 is 12.1 Å². The number of aryl methyl sites for hydroxylation is 1. The average Bonchev–Trinajstić information content (AvgIpc) is 2.80. The number of amides is 2. The van der Waals surface area contributed by atoms with E-state index in [0.29, 0.717) is 27.4 Å². The summed E-state index contributed by atoms with van der Waals surface area (Å²) in [7, 11) is 0. The van der Waals surface area contributed by atoms with Crippen LogP contribution in [-0.2, 0) is 0 Å². The van der Waals surface area contributed by atoms with Gasteiger partial charge < -0.3 is 15.2 Å². The largest absolute Gasteiger partial charge is 0.337 e. The normalized spacial score (nSPS) is 12.0. The summed E-state index contributed by atoms with van der Waals surface area (Å²) >= 11 is 11.8. The maximum Gasteiger partial charge on any atom is 0.319 e. The van der Waals surface area contributed by atoms with Crippen molar-refractivity contribution >= 4 is 34.9 Å². The van der Waals surface area contributed by atoms with Crippen LogP contribution in [0.15, 0.2) is 22.7 Å². The maximum absolute atomic E-state index is 11.9. The van der Waals surface area contributed by atoms with E-state index in [4.69, 9.17) is 27.7 Å². The molecule has 0 saturated heterocycles. The van der Waals surface area contributed by atoms with Crippen LogP contribution in [0.25, 0.3) is 0 Å². The standard InChI is InChI=1S/C12H12Cl2N4O2/c1-6(11-16-7(2)18-20-11)15-12(19)17-10-5-8(13)3-4-9(10)14/h3-6H,1-2H3,(H2,15,17,19). The number of halogens is 2. The Morgan fingerprint density at radius 3 is 2.80 bits per heavy atom. The van der Waals surface area contributed by atoms with E-state index in [0.717, 1.165) is 0 Å². The molecule has 1 aromatic heterocycles. The van der Waals surface area contributed by atoms with Crippen molar-refractivity contribution in [2.24, 2.45) is 0 Å². The molecular formula is C12H12Cl2N4O2. The van der Waals surface area contributed by atoms with E-state index in [1.54, 1.807) is 32.0 Å². The average molecular weight is 315 g/mol. The van der Waals surface area contributed by atoms with Gasteiger partial charge in [-0.05, 0) is 32.0 Å². The molecule has 0 fully saturated rings. The Morgan fingerprint density at radius 2 is 2.15 bits per heavy atom. The number of urea groups is 1. The van der Waals surface area contributed by atoms with E-state index in [1.165, 1.54) is 0 Å². The molecule has 1 atom stereocenters. The molecule has 0 radical (unpaired) electrons. The molecule has 0 bridgehead atoms. The number of aromatic nitrogens is 2. The summed E-state index contributed by atoms with van der Waals surface area (Å²) in [4.78, 5) is 15.9. The van der Waals surface area contributed by atoms with Crippen molar-refractivity contribution in [2.45, 2.75) is 19.9 Å². The van der Waals surface area contributed by atoms with Gasteiger partial charge in [0.25, 0.3) is 0 Å². The highest BCUT2D eigenvalue weighted by molar-refractivity contribution is 6.35. The maximum atomic E-state index is 11.9. The van der Waals surface area contributed by atoms with Crippen LogP contribution in [0.1, 0.15) is 24.7 Å². The van der Waals surface area contributed by atoms with Gasteiger partial charge in [0.15, 0.2) is 5.82 Å². The van der Waals surface area contributed by atoms with Crippen molar-refractivity contribution < 1.29 is 9.32 Å². The lowest BCUT2D eigenvalue weighted by molar-refractivity contribution is 0.245. The molecule has 1 unspecified atom stereocenters. The number of nitrogens with zero attached hydrogens (tertiary/aromatic N) is 2. The van der Waals surface area contributed by atoms with Crippen molar-refractivity contribution in [1.82, 2.24) is 15.5 Å². The van der Waals surface area contributed by atoms with Crippen molar-refractivity contribution in [3.8, 4) is 0 Å². The van der Waals surface area contributed by atoms with Gasteiger partial charge in [-0.2, -0.15) is 4.98 Å². The number of hydrogen-bond donors (Lipinski definition) is 2. The fourth-order valence-electron chi connectivity index (χ4n) is 1.50. The minimum Gasteiger partial charge on any atom is -0.337 e. The van der Waals surface area contributed by atoms with Gasteiger partial charge in [0, 0.05) is 5.02 Å². The van der Waals surface area contributed by atoms with Crippen LogP contribution in [0.5, 0.6) is 0 Å². The molecule has 106 valence electrons. The predicted molar refractivity (Wildman–Crippen MR) is 76.1 cm³/mol. The number of carbonyl (C=O) groups excluding carboxylic acids is 1. The molecular weight excluding hydrogens is 303 g/mol. The molecule has 0 spiro atoms. The van der Waals surface area contributed by atoms with Gasteiger partial charge in [-0.1, -0.05) is 28.4 Å². The number of anilines is 1. The van der Waals surface area contributed by atoms with Gasteiger partial charge in [0.2, 0.25) is 5.89 Å². The highest BCUT2D eigenvalue weighted by atomic mass is 35.5. The number of rotatable bonds is 3. The number of carbonyl (C=O) groups is 1. The highest BCUT2D eigenvalue weighted by Crippen LogP contribution is 2.25. The lowest BCUT2D eigenvalue weighted by Gasteiger charge is -2.12. The molecule has 1 aromatic carbocycles. The van der Waals surface area contributed by atoms with Crippen molar-refractivity contribution in [1.29, 1.82) is 0 Å². The predicted octanol–water partition coefficient (Wildman–Crippen LogP) is 3.57. The molecule has 2 rings (SSSR count). The Balaban J connectivity index is 2.00. The van der Waals surface area contributed by atoms with Gasteiger partial charge in [0.05, 0.1) is 10.7 Å². The topological polar surface area (TPSA) is 80.0 Å². The number of nitrogens with one attached hydrogen (secondary N) is 2. The lowest BCUT2D eigenvalue weighted by Crippen LogP contribution is -2.31. The summed E-state index contributed by atoms with van der Waals surface area (Å²) in [5.41, 5.74) is 0.422. The third-order valence-corrected chi connectivity index (χ3v) is 3.00. The molecule has 0 aliphatic carbocycles. The molecule has 8 heteroatoms. The van der Waals surface area contributed by atoms with Crippen molar-refractivity contribution in [2.75, 3.05) is 5.32 Å². The molecule has 6 nitrogen and oxygen atoms in total. The summed E-state index contributed by atoms with van der Waals surface area (Å²) in [6.07, 6.45) is 0. The highest BCUT2D eigenvalue weighted by Gasteiger charge is 2.16. The molecule has 2 amide bonds.